The molecular weight excluding hydrogens is 382 g/mol. The molecular formula is C21H23N7O2. The van der Waals surface area contributed by atoms with Crippen molar-refractivity contribution in [2.45, 2.75) is 19.5 Å². The van der Waals surface area contributed by atoms with Crippen LogP contribution in [0.1, 0.15) is 29.9 Å². The number of aliphatic imine (C=N–C) groups is 1. The summed E-state index contributed by atoms with van der Waals surface area (Å²) in [5.74, 6) is 0.877. The number of amides is 1. The molecule has 9 nitrogen and oxygen atoms in total. The van der Waals surface area contributed by atoms with E-state index in [1.807, 2.05) is 12.3 Å². The molecule has 1 unspecified atom stereocenters. The molecule has 1 fully saturated rings. The number of hydrogen-bond acceptors (Lipinski definition) is 8. The number of aromatic nitrogens is 3. The van der Waals surface area contributed by atoms with Crippen LogP contribution in [0.5, 0.6) is 5.88 Å². The number of ether oxygens (including phenoxy) is 1. The van der Waals surface area contributed by atoms with E-state index in [1.165, 1.54) is 0 Å². The molecule has 1 N–H and O–H groups in total. The number of anilines is 2. The summed E-state index contributed by atoms with van der Waals surface area (Å²) in [7, 11) is 0. The lowest BCUT2D eigenvalue weighted by Crippen LogP contribution is -2.48. The Hall–Kier alpha value is -3.33. The quantitative estimate of drug-likeness (QED) is 0.830. The Balaban J connectivity index is 1.25. The van der Waals surface area contributed by atoms with E-state index in [0.717, 1.165) is 43.1 Å². The molecule has 0 aliphatic carbocycles. The number of carbonyl (C=O) groups is 1. The average molecular weight is 405 g/mol. The van der Waals surface area contributed by atoms with Gasteiger partial charge in [0.05, 0.1) is 24.1 Å². The van der Waals surface area contributed by atoms with E-state index in [1.54, 1.807) is 6.20 Å². The second-order valence-corrected chi connectivity index (χ2v) is 7.55. The van der Waals surface area contributed by atoms with Crippen molar-refractivity contribution in [3.63, 3.8) is 0 Å². The zero-order chi connectivity index (χ0) is 20.5. The van der Waals surface area contributed by atoms with Gasteiger partial charge in [-0.3, -0.25) is 19.7 Å². The first-order valence-corrected chi connectivity index (χ1v) is 10.1. The van der Waals surface area contributed by atoms with Crippen molar-refractivity contribution in [3.8, 4) is 5.88 Å². The Morgan fingerprint density at radius 2 is 2.03 bits per heavy atom. The molecule has 30 heavy (non-hydrogen) atoms. The maximum absolute atomic E-state index is 11.4. The third kappa shape index (κ3) is 3.63. The molecule has 0 aromatic carbocycles. The van der Waals surface area contributed by atoms with E-state index >= 15 is 0 Å². The number of nitrogens with one attached hydrogen (secondary N) is 1. The lowest BCUT2D eigenvalue weighted by molar-refractivity contribution is -0.118. The van der Waals surface area contributed by atoms with Gasteiger partial charge < -0.3 is 15.0 Å². The fraction of sp³-hybridized carbons (Fsp3) is 0.381. The monoisotopic (exact) mass is 405 g/mol. The minimum Gasteiger partial charge on any atom is -0.466 e. The van der Waals surface area contributed by atoms with Gasteiger partial charge in [-0.2, -0.15) is 4.98 Å². The molecule has 1 atom stereocenters. The Morgan fingerprint density at radius 1 is 1.17 bits per heavy atom. The summed E-state index contributed by atoms with van der Waals surface area (Å²) in [6.07, 6.45) is 7.45. The molecule has 0 saturated carbocycles. The summed E-state index contributed by atoms with van der Waals surface area (Å²) in [5, 5.41) is 2.72. The van der Waals surface area contributed by atoms with E-state index in [-0.39, 0.29) is 18.6 Å². The topological polar surface area (TPSA) is 95.8 Å². The van der Waals surface area contributed by atoms with E-state index in [2.05, 4.69) is 55.2 Å². The Morgan fingerprint density at radius 3 is 2.90 bits per heavy atom. The van der Waals surface area contributed by atoms with E-state index < -0.39 is 0 Å². The van der Waals surface area contributed by atoms with Gasteiger partial charge in [0.1, 0.15) is 5.69 Å². The van der Waals surface area contributed by atoms with Gasteiger partial charge in [0.2, 0.25) is 11.8 Å². The van der Waals surface area contributed by atoms with Crippen molar-refractivity contribution >= 4 is 29.8 Å². The van der Waals surface area contributed by atoms with Crippen molar-refractivity contribution in [3.05, 3.63) is 41.4 Å². The number of carbonyl (C=O) groups excluding carboxylic acids is 1. The molecule has 3 aliphatic heterocycles. The number of pyridine rings is 1. The highest BCUT2D eigenvalue weighted by atomic mass is 16.5. The van der Waals surface area contributed by atoms with Gasteiger partial charge in [-0.1, -0.05) is 12.1 Å². The molecule has 2 aromatic rings. The molecule has 2 aromatic heterocycles. The van der Waals surface area contributed by atoms with Crippen LogP contribution >= 0.6 is 0 Å². The summed E-state index contributed by atoms with van der Waals surface area (Å²) in [6, 6.07) is 4.47. The number of allylic oxidation sites excluding steroid dienone is 1. The minimum atomic E-state index is -0.185. The number of fused-ring (bicyclic) bond motifs is 2. The maximum Gasteiger partial charge on any atom is 0.262 e. The van der Waals surface area contributed by atoms with Crippen LogP contribution in [0.4, 0.5) is 11.6 Å². The molecule has 5 rings (SSSR count). The minimum absolute atomic E-state index is 0.0103. The lowest BCUT2D eigenvalue weighted by atomic mass is 10.1. The number of hydrogen-bond donors (Lipinski definition) is 1. The van der Waals surface area contributed by atoms with Crippen LogP contribution in [0.2, 0.25) is 0 Å². The van der Waals surface area contributed by atoms with Gasteiger partial charge in [0, 0.05) is 38.4 Å². The van der Waals surface area contributed by atoms with Crippen molar-refractivity contribution in [2.24, 2.45) is 4.99 Å². The zero-order valence-corrected chi connectivity index (χ0v) is 16.8. The number of rotatable bonds is 3. The van der Waals surface area contributed by atoms with Crippen LogP contribution in [0.3, 0.4) is 0 Å². The van der Waals surface area contributed by atoms with Crippen molar-refractivity contribution in [1.82, 2.24) is 19.9 Å². The average Bonchev–Trinajstić information content (AvgIpc) is 3.03. The first kappa shape index (κ1) is 18.7. The van der Waals surface area contributed by atoms with Crippen molar-refractivity contribution < 1.29 is 9.53 Å². The fourth-order valence-corrected chi connectivity index (χ4v) is 3.91. The van der Waals surface area contributed by atoms with Crippen LogP contribution in [0.25, 0.3) is 6.08 Å². The van der Waals surface area contributed by atoms with Crippen LogP contribution in [-0.4, -0.2) is 64.8 Å². The summed E-state index contributed by atoms with van der Waals surface area (Å²) < 4.78 is 5.42. The fourth-order valence-electron chi connectivity index (χ4n) is 3.91. The normalized spacial score (nSPS) is 19.4. The third-order valence-corrected chi connectivity index (χ3v) is 5.67. The second kappa shape index (κ2) is 7.83. The Kier molecular flexibility index (Phi) is 4.88. The van der Waals surface area contributed by atoms with Gasteiger partial charge >= 0.3 is 0 Å². The molecule has 1 saturated heterocycles. The highest BCUT2D eigenvalue weighted by Gasteiger charge is 2.26. The smallest absolute Gasteiger partial charge is 0.262 e. The Labute approximate surface area is 174 Å². The standard InChI is InChI=1S/C21H23N7O2/c1-14(16-5-4-15-3-2-6-22-11-17(15)24-16)27-7-9-28(10-8-27)21-23-12-18-20(26-21)30-13-19(29)25-18/h2-6,12,14H,7-11,13H2,1H3,(H,25,29). The largest absolute Gasteiger partial charge is 0.466 e. The zero-order valence-electron chi connectivity index (χ0n) is 16.8. The highest BCUT2D eigenvalue weighted by molar-refractivity contribution is 5.94. The van der Waals surface area contributed by atoms with E-state index in [9.17, 15) is 4.79 Å². The second-order valence-electron chi connectivity index (χ2n) is 7.55. The van der Waals surface area contributed by atoms with Crippen molar-refractivity contribution in [2.75, 3.05) is 43.0 Å². The summed E-state index contributed by atoms with van der Waals surface area (Å²) in [5.41, 5.74) is 3.76. The lowest BCUT2D eigenvalue weighted by Gasteiger charge is -2.38. The SMILES string of the molecule is CC(c1ccc2c(n1)CN=CC=C2)N1CCN(c2ncc3c(n2)OCC(=O)N3)CC1. The van der Waals surface area contributed by atoms with Crippen LogP contribution in [-0.2, 0) is 11.3 Å². The first-order chi connectivity index (χ1) is 14.7. The molecule has 0 radical (unpaired) electrons. The van der Waals surface area contributed by atoms with Crippen LogP contribution < -0.4 is 15.0 Å². The molecule has 9 heteroatoms. The van der Waals surface area contributed by atoms with E-state index in [0.29, 0.717) is 24.1 Å². The predicted molar refractivity (Wildman–Crippen MR) is 114 cm³/mol. The molecule has 154 valence electrons. The first-order valence-electron chi connectivity index (χ1n) is 10.1. The summed E-state index contributed by atoms with van der Waals surface area (Å²) in [6.45, 7) is 6.21. The summed E-state index contributed by atoms with van der Waals surface area (Å²) >= 11 is 0. The third-order valence-electron chi connectivity index (χ3n) is 5.67. The van der Waals surface area contributed by atoms with Gasteiger partial charge in [-0.25, -0.2) is 4.98 Å². The molecule has 1 amide bonds. The maximum atomic E-state index is 11.4. The van der Waals surface area contributed by atoms with Gasteiger partial charge in [0.25, 0.3) is 5.91 Å². The number of nitrogens with zero attached hydrogens (tertiary/aromatic N) is 6. The molecule has 3 aliphatic rings. The number of piperazine rings is 1. The molecule has 5 heterocycles. The van der Waals surface area contributed by atoms with Crippen molar-refractivity contribution in [1.29, 1.82) is 0 Å². The highest BCUT2D eigenvalue weighted by Crippen LogP contribution is 2.28. The van der Waals surface area contributed by atoms with Crippen LogP contribution in [0.15, 0.2) is 29.4 Å². The van der Waals surface area contributed by atoms with Gasteiger partial charge in [-0.05, 0) is 24.6 Å². The van der Waals surface area contributed by atoms with E-state index in [4.69, 9.17) is 9.72 Å². The van der Waals surface area contributed by atoms with Gasteiger partial charge in [0.15, 0.2) is 6.61 Å². The summed E-state index contributed by atoms with van der Waals surface area (Å²) in [4.78, 5) is 34.1. The molecule has 0 bridgehead atoms. The van der Waals surface area contributed by atoms with Crippen LogP contribution in [0, 0.1) is 0 Å². The molecule has 0 spiro atoms. The predicted octanol–water partition coefficient (Wildman–Crippen LogP) is 1.68. The Bertz CT molecular complexity index is 1030. The van der Waals surface area contributed by atoms with Gasteiger partial charge in [-0.15, -0.1) is 0 Å².